The van der Waals surface area contributed by atoms with Gasteiger partial charge < -0.3 is 10.0 Å². The van der Waals surface area contributed by atoms with Crippen LogP contribution >= 0.6 is 0 Å². The molecule has 0 radical (unpaired) electrons. The highest BCUT2D eigenvalue weighted by Gasteiger charge is 2.42. The van der Waals surface area contributed by atoms with Gasteiger partial charge >= 0.3 is 18.3 Å². The Labute approximate surface area is 275 Å². The molecule has 3 atom stereocenters. The maximum Gasteiger partial charge on any atom is 0.416 e. The summed E-state index contributed by atoms with van der Waals surface area (Å²) in [5.74, 6) is -1.14. The van der Waals surface area contributed by atoms with Crippen molar-refractivity contribution >= 4 is 5.97 Å². The van der Waals surface area contributed by atoms with E-state index in [0.29, 0.717) is 31.9 Å². The van der Waals surface area contributed by atoms with Gasteiger partial charge in [-0.3, -0.25) is 14.4 Å². The maximum absolute atomic E-state index is 14.2. The van der Waals surface area contributed by atoms with Crippen molar-refractivity contribution in [1.82, 2.24) is 19.6 Å². The smallest absolute Gasteiger partial charge is 0.416 e. The van der Waals surface area contributed by atoms with E-state index in [1.807, 2.05) is 31.7 Å². The average molecular weight is 683 g/mol. The first kappa shape index (κ1) is 35.8. The Balaban J connectivity index is 1.29. The number of alkyl halides is 6. The lowest BCUT2D eigenvalue weighted by Crippen LogP contribution is -2.44. The molecule has 48 heavy (non-hydrogen) atoms. The number of aliphatic carboxylic acids is 1. The number of nitrogens with zero attached hydrogens (tertiary/aromatic N) is 4. The number of hydrogen-bond acceptors (Lipinski definition) is 4. The first-order chi connectivity index (χ1) is 22.5. The van der Waals surface area contributed by atoms with Crippen molar-refractivity contribution < 1.29 is 40.6 Å². The molecule has 1 N–H and O–H groups in total. The van der Waals surface area contributed by atoms with Crippen molar-refractivity contribution in [2.45, 2.75) is 76.8 Å². The topological polar surface area (TPSA) is 61.6 Å². The Bertz CT molecular complexity index is 1550. The van der Waals surface area contributed by atoms with Gasteiger partial charge in [0, 0.05) is 50.1 Å². The molecular weight excluding hydrogens is 641 g/mol. The van der Waals surface area contributed by atoms with Crippen LogP contribution in [0.5, 0.6) is 0 Å². The van der Waals surface area contributed by atoms with Crippen molar-refractivity contribution in [1.29, 1.82) is 0 Å². The zero-order chi connectivity index (χ0) is 35.0. The Morgan fingerprint density at radius 1 is 0.958 bits per heavy atom. The SMILES string of the molecule is CCn1nc(Cc2cc(C(F)(F)F)cc(C(F)(F)F)c2)cc1C1CCN(C[C@H]2CN([C@@H](C(=O)O)C(C)C)C[C@@H]2c2cccc(F)c2)CC1. The van der Waals surface area contributed by atoms with Gasteiger partial charge in [-0.25, -0.2) is 4.39 Å². The Morgan fingerprint density at radius 3 is 2.15 bits per heavy atom. The van der Waals surface area contributed by atoms with E-state index in [9.17, 15) is 40.6 Å². The minimum atomic E-state index is -4.92. The maximum atomic E-state index is 14.2. The van der Waals surface area contributed by atoms with Gasteiger partial charge in [0.05, 0.1) is 16.8 Å². The number of likely N-dealkylation sites (tertiary alicyclic amines) is 2. The summed E-state index contributed by atoms with van der Waals surface area (Å²) < 4.78 is 96.5. The summed E-state index contributed by atoms with van der Waals surface area (Å²) in [6.45, 7) is 9.47. The Morgan fingerprint density at radius 2 is 1.60 bits per heavy atom. The van der Waals surface area contributed by atoms with Gasteiger partial charge in [-0.2, -0.15) is 31.4 Å². The van der Waals surface area contributed by atoms with Crippen LogP contribution < -0.4 is 0 Å². The number of aryl methyl sites for hydroxylation is 1. The molecule has 262 valence electrons. The number of halogens is 7. The highest BCUT2D eigenvalue weighted by Crippen LogP contribution is 2.39. The van der Waals surface area contributed by atoms with Crippen LogP contribution in [0.3, 0.4) is 0 Å². The molecule has 3 heterocycles. The fourth-order valence-corrected chi connectivity index (χ4v) is 7.52. The van der Waals surface area contributed by atoms with Crippen molar-refractivity contribution in [2.24, 2.45) is 11.8 Å². The normalized spacial score (nSPS) is 20.9. The summed E-state index contributed by atoms with van der Waals surface area (Å²) in [6, 6.07) is 9.29. The lowest BCUT2D eigenvalue weighted by Gasteiger charge is -2.35. The van der Waals surface area contributed by atoms with Crippen LogP contribution in [0.4, 0.5) is 30.7 Å². The lowest BCUT2D eigenvalue weighted by molar-refractivity contribution is -0.145. The van der Waals surface area contributed by atoms with E-state index in [-0.39, 0.29) is 47.5 Å². The number of rotatable bonds is 10. The molecule has 0 aliphatic carbocycles. The number of carboxylic acids is 1. The molecule has 6 nitrogen and oxygen atoms in total. The lowest BCUT2D eigenvalue weighted by atomic mass is 9.87. The second-order valence-corrected chi connectivity index (χ2v) is 13.4. The van der Waals surface area contributed by atoms with Gasteiger partial charge in [-0.1, -0.05) is 26.0 Å². The highest BCUT2D eigenvalue weighted by atomic mass is 19.4. The molecule has 0 saturated carbocycles. The fraction of sp³-hybridized carbons (Fsp3) is 0.543. The monoisotopic (exact) mass is 682 g/mol. The first-order valence-electron chi connectivity index (χ1n) is 16.3. The van der Waals surface area contributed by atoms with Crippen LogP contribution in [0.1, 0.15) is 79.1 Å². The molecule has 13 heteroatoms. The molecule has 2 aliphatic rings. The zero-order valence-corrected chi connectivity index (χ0v) is 27.2. The van der Waals surface area contributed by atoms with Gasteiger partial charge in [0.2, 0.25) is 0 Å². The van der Waals surface area contributed by atoms with E-state index in [4.69, 9.17) is 0 Å². The molecule has 0 spiro atoms. The van der Waals surface area contributed by atoms with Crippen LogP contribution in [-0.4, -0.2) is 69.4 Å². The number of benzene rings is 2. The first-order valence-corrected chi connectivity index (χ1v) is 16.3. The molecule has 1 aromatic heterocycles. The summed E-state index contributed by atoms with van der Waals surface area (Å²) in [4.78, 5) is 16.5. The minimum absolute atomic E-state index is 0.0307. The molecule has 3 aromatic rings. The van der Waals surface area contributed by atoms with Crippen molar-refractivity contribution in [3.63, 3.8) is 0 Å². The zero-order valence-electron chi connectivity index (χ0n) is 27.2. The second-order valence-electron chi connectivity index (χ2n) is 13.4. The summed E-state index contributed by atoms with van der Waals surface area (Å²) in [7, 11) is 0. The predicted molar refractivity (Wildman–Crippen MR) is 166 cm³/mol. The fourth-order valence-electron chi connectivity index (χ4n) is 7.52. The molecule has 2 aliphatic heterocycles. The van der Waals surface area contributed by atoms with Gasteiger partial charge in [0.15, 0.2) is 0 Å². The number of hydrogen-bond donors (Lipinski definition) is 1. The quantitative estimate of drug-likeness (QED) is 0.223. The van der Waals surface area contributed by atoms with Crippen LogP contribution in [0.2, 0.25) is 0 Å². The van der Waals surface area contributed by atoms with Gasteiger partial charge in [0.25, 0.3) is 0 Å². The number of piperidine rings is 1. The summed E-state index contributed by atoms with van der Waals surface area (Å²) in [6.07, 6.45) is -8.45. The van der Waals surface area contributed by atoms with E-state index >= 15 is 0 Å². The third kappa shape index (κ3) is 8.22. The largest absolute Gasteiger partial charge is 0.480 e. The predicted octanol–water partition coefficient (Wildman–Crippen LogP) is 7.67. The second kappa shape index (κ2) is 14.2. The number of aromatic nitrogens is 2. The summed E-state index contributed by atoms with van der Waals surface area (Å²) >= 11 is 0. The minimum Gasteiger partial charge on any atom is -0.480 e. The highest BCUT2D eigenvalue weighted by molar-refractivity contribution is 5.73. The van der Waals surface area contributed by atoms with Crippen LogP contribution in [-0.2, 0) is 30.1 Å². The van der Waals surface area contributed by atoms with Crippen LogP contribution in [0.25, 0.3) is 0 Å². The van der Waals surface area contributed by atoms with Crippen LogP contribution in [0.15, 0.2) is 48.5 Å². The van der Waals surface area contributed by atoms with Crippen molar-refractivity contribution in [3.05, 3.63) is 88.0 Å². The van der Waals surface area contributed by atoms with E-state index < -0.39 is 35.5 Å². The van der Waals surface area contributed by atoms with Crippen molar-refractivity contribution in [2.75, 3.05) is 32.7 Å². The number of carboxylic acid groups (broad SMARTS) is 1. The molecule has 5 rings (SSSR count). The molecule has 2 aromatic carbocycles. The van der Waals surface area contributed by atoms with E-state index in [0.717, 1.165) is 49.3 Å². The molecule has 2 saturated heterocycles. The Kier molecular flexibility index (Phi) is 10.6. The van der Waals surface area contributed by atoms with Crippen molar-refractivity contribution in [3.8, 4) is 0 Å². The summed E-state index contributed by atoms with van der Waals surface area (Å²) in [5.41, 5.74) is -0.636. The number of carbonyl (C=O) groups is 1. The Hall–Kier alpha value is -3.45. The van der Waals surface area contributed by atoms with Crippen LogP contribution in [0, 0.1) is 17.7 Å². The summed E-state index contributed by atoms with van der Waals surface area (Å²) in [5, 5.41) is 14.5. The molecular formula is C35H41F7N4O2. The van der Waals surface area contributed by atoms with Gasteiger partial charge in [-0.05, 0) is 92.2 Å². The average Bonchev–Trinajstić information content (AvgIpc) is 3.60. The molecule has 2 fully saturated rings. The van der Waals surface area contributed by atoms with E-state index in [1.54, 1.807) is 16.8 Å². The van der Waals surface area contributed by atoms with E-state index in [2.05, 4.69) is 10.00 Å². The molecule has 0 bridgehead atoms. The standard InChI is InChI=1S/C35H41F7N4O2/c1-4-46-31(17-29(43-46)14-22-12-26(34(37,38)39)16-27(13-22)35(40,41)42)23-8-10-44(11-9-23)18-25-19-45(32(21(2)3)33(47)48)20-30(25)24-6-5-7-28(36)15-24/h5-7,12-13,15-17,21,23,25,30,32H,4,8-11,14,18-20H2,1-3H3,(H,47,48)/t25-,30+,32+/m0/s1. The third-order valence-corrected chi connectivity index (χ3v) is 9.72. The van der Waals surface area contributed by atoms with Gasteiger partial charge in [-0.15, -0.1) is 0 Å². The third-order valence-electron chi connectivity index (χ3n) is 9.72. The van der Waals surface area contributed by atoms with E-state index in [1.165, 1.54) is 12.1 Å². The van der Waals surface area contributed by atoms with Gasteiger partial charge in [0.1, 0.15) is 11.9 Å². The molecule has 0 amide bonds. The molecule has 0 unspecified atom stereocenters.